The molecule has 2 saturated heterocycles. The monoisotopic (exact) mass is 1220 g/mol. The number of ether oxygens (including phenoxy) is 3. The fourth-order valence-corrected chi connectivity index (χ4v) is 12.6. The molecule has 0 N–H and O–H groups in total. The van der Waals surface area contributed by atoms with E-state index in [0.29, 0.717) is 38.5 Å². The van der Waals surface area contributed by atoms with Gasteiger partial charge in [-0.3, -0.25) is 19.3 Å². The maximum absolute atomic E-state index is 13.9. The minimum Gasteiger partial charge on any atom is -0.462 e. The van der Waals surface area contributed by atoms with Gasteiger partial charge in [0.15, 0.2) is 5.60 Å². The highest BCUT2D eigenvalue weighted by Gasteiger charge is 2.51. The van der Waals surface area contributed by atoms with Crippen molar-refractivity contribution >= 4 is 17.9 Å². The van der Waals surface area contributed by atoms with Gasteiger partial charge in [-0.1, -0.05) is 206 Å². The number of hydroxylamine groups is 4. The Hall–Kier alpha value is -5.71. The van der Waals surface area contributed by atoms with Crippen molar-refractivity contribution in [1.82, 2.24) is 10.1 Å². The molecule has 2 heterocycles. The summed E-state index contributed by atoms with van der Waals surface area (Å²) >= 11 is 0. The third kappa shape index (κ3) is 38.6. The normalized spacial score (nSPS) is 16.1. The molecule has 0 aromatic rings. The highest BCUT2D eigenvalue weighted by Crippen LogP contribution is 2.42. The Kier molecular flexibility index (Phi) is 42.1. The summed E-state index contributed by atoms with van der Waals surface area (Å²) in [5.41, 5.74) is -3.46. The molecule has 2 aliphatic heterocycles. The van der Waals surface area contributed by atoms with Gasteiger partial charge in [0.1, 0.15) is 25.4 Å². The van der Waals surface area contributed by atoms with Gasteiger partial charge >= 0.3 is 17.9 Å². The predicted octanol–water partition coefficient (Wildman–Crippen LogP) is 17.2. The summed E-state index contributed by atoms with van der Waals surface area (Å²) in [7, 11) is 0. The second-order valence-corrected chi connectivity index (χ2v) is 27.5. The van der Waals surface area contributed by atoms with Crippen LogP contribution in [0.3, 0.4) is 0 Å². The van der Waals surface area contributed by atoms with E-state index >= 15 is 0 Å². The average molecular weight is 1220 g/mol. The van der Waals surface area contributed by atoms with E-state index in [1.165, 1.54) is 167 Å². The van der Waals surface area contributed by atoms with E-state index in [4.69, 9.17) is 30.3 Å². The minimum atomic E-state index is -1.18. The lowest BCUT2D eigenvalue weighted by atomic mass is 9.80. The summed E-state index contributed by atoms with van der Waals surface area (Å²) in [6.45, 7) is 23.1. The molecule has 0 aromatic carbocycles. The first-order valence-electron chi connectivity index (χ1n) is 34.7. The number of esters is 3. The third-order valence-electron chi connectivity index (χ3n) is 16.6. The van der Waals surface area contributed by atoms with Crippen molar-refractivity contribution in [3.8, 4) is 107 Å². The fourth-order valence-electron chi connectivity index (χ4n) is 12.6. The third-order valence-corrected chi connectivity index (χ3v) is 16.6. The van der Waals surface area contributed by atoms with Crippen LogP contribution in [0, 0.1) is 107 Å². The molecule has 2 rings (SSSR count). The molecule has 1 atom stereocenters. The SMILES string of the molecule is C#CC#CC#CC#CC#CC#CC#CC#CC#CC(=O)OC1CC(C)(C)N(OCC(C)(CON2C(C)(C)CC(OC(=O)CCCCCCCCCCCCCCCCCC)CC2(C)C)OC(=O)CCCCCCCCCCCCCCCCCC)C(C)(C)C1. The highest BCUT2D eigenvalue weighted by molar-refractivity contribution is 5.89. The van der Waals surface area contributed by atoms with Gasteiger partial charge in [-0.15, -0.1) is 6.42 Å². The average Bonchev–Trinajstić information content (AvgIpc) is 0.924. The summed E-state index contributed by atoms with van der Waals surface area (Å²) in [5, 5.41) is 3.97. The van der Waals surface area contributed by atoms with Crippen molar-refractivity contribution in [2.75, 3.05) is 13.2 Å². The zero-order valence-corrected chi connectivity index (χ0v) is 57.7. The van der Waals surface area contributed by atoms with Crippen LogP contribution < -0.4 is 0 Å². The molecular weight excluding hydrogens is 1100 g/mol. The second kappa shape index (κ2) is 47.2. The maximum Gasteiger partial charge on any atom is 0.385 e. The van der Waals surface area contributed by atoms with Crippen LogP contribution in [0.5, 0.6) is 0 Å². The van der Waals surface area contributed by atoms with Gasteiger partial charge in [0.05, 0.1) is 0 Å². The van der Waals surface area contributed by atoms with Crippen molar-refractivity contribution < 1.29 is 38.3 Å². The second-order valence-electron chi connectivity index (χ2n) is 27.5. The van der Waals surface area contributed by atoms with Gasteiger partial charge in [0, 0.05) is 66.6 Å². The first kappa shape index (κ1) is 79.4. The van der Waals surface area contributed by atoms with Crippen LogP contribution >= 0.6 is 0 Å². The lowest BCUT2D eigenvalue weighted by Gasteiger charge is -2.54. The van der Waals surface area contributed by atoms with Crippen molar-refractivity contribution in [2.45, 2.75) is 360 Å². The standard InChI is InChI=1S/C79H116N2O8/c1-13-16-19-22-25-28-31-34-37-40-43-46-49-52-55-58-61-72(82)87-70-64-75(4,5)80(76(6,7)65-70)85-68-79(12,89-74(84)63-60-57-54-51-48-45-42-39-36-33-30-27-24-21-18-15-3)69-86-81-77(8,9)66-71(67-78(81,10)11)88-73(83)62-59-56-53-50-47-44-41-38-35-32-29-26-23-20-17-14-2/h1,70-71H,14-15,17-18,20-21,23-24,26-27,29-30,32-33,35-36,38-39,41-42,44-45,47-48,50-51,53-54,56-57,59-60,62-69H2,2-12H3. The molecule has 1 unspecified atom stereocenters. The van der Waals surface area contributed by atoms with Gasteiger partial charge in [-0.25, -0.2) is 4.79 Å². The van der Waals surface area contributed by atoms with Crippen LogP contribution in [-0.2, 0) is 38.3 Å². The van der Waals surface area contributed by atoms with Crippen LogP contribution in [-0.4, -0.2) is 81.2 Å². The fraction of sp³-hybridized carbons (Fsp3) is 0.734. The van der Waals surface area contributed by atoms with E-state index in [-0.39, 0.29) is 31.3 Å². The number of rotatable bonds is 43. The highest BCUT2D eigenvalue weighted by atomic mass is 16.7. The van der Waals surface area contributed by atoms with E-state index < -0.39 is 39.8 Å². The van der Waals surface area contributed by atoms with Gasteiger partial charge in [0.25, 0.3) is 0 Å². The zero-order valence-electron chi connectivity index (χ0n) is 57.7. The molecule has 0 aromatic heterocycles. The minimum absolute atomic E-state index is 0.0185. The molecule has 0 saturated carbocycles. The predicted molar refractivity (Wildman–Crippen MR) is 364 cm³/mol. The van der Waals surface area contributed by atoms with E-state index in [1.807, 2.05) is 44.7 Å². The van der Waals surface area contributed by atoms with E-state index in [0.717, 1.165) is 38.5 Å². The number of terminal acetylenes is 1. The first-order chi connectivity index (χ1) is 42.7. The zero-order chi connectivity index (χ0) is 65.4. The molecule has 0 aliphatic carbocycles. The van der Waals surface area contributed by atoms with Crippen LogP contribution in [0.15, 0.2) is 0 Å². The lowest BCUT2D eigenvalue weighted by Crippen LogP contribution is -2.64. The number of carbonyl (C=O) groups excluding carboxylic acids is 3. The van der Waals surface area contributed by atoms with E-state index in [2.05, 4.69) is 142 Å². The van der Waals surface area contributed by atoms with Crippen molar-refractivity contribution in [2.24, 2.45) is 0 Å². The summed E-state index contributed by atoms with van der Waals surface area (Å²) in [4.78, 5) is 53.7. The lowest BCUT2D eigenvalue weighted by molar-refractivity contribution is -0.334. The number of hydrogen-bond acceptors (Lipinski definition) is 10. The Bertz CT molecular complexity index is 2620. The van der Waals surface area contributed by atoms with Gasteiger partial charge < -0.3 is 14.2 Å². The Morgan fingerprint density at radius 3 is 0.944 bits per heavy atom. The molecule has 0 bridgehead atoms. The van der Waals surface area contributed by atoms with Gasteiger partial charge in [-0.2, -0.15) is 10.1 Å². The van der Waals surface area contributed by atoms with E-state index in [9.17, 15) is 14.4 Å². The molecule has 0 amide bonds. The van der Waals surface area contributed by atoms with Crippen LogP contribution in [0.25, 0.3) is 0 Å². The Balaban J connectivity index is 2.02. The number of nitrogens with zero attached hydrogens (tertiary/aromatic N) is 2. The first-order valence-corrected chi connectivity index (χ1v) is 34.7. The largest absolute Gasteiger partial charge is 0.462 e. The Labute approximate surface area is 544 Å². The Morgan fingerprint density at radius 2 is 0.640 bits per heavy atom. The summed E-state index contributed by atoms with van der Waals surface area (Å²) in [6.07, 6.45) is 47.9. The molecule has 0 spiro atoms. The quantitative estimate of drug-likeness (QED) is 0.0193. The van der Waals surface area contributed by atoms with Crippen LogP contribution in [0.2, 0.25) is 0 Å². The molecule has 89 heavy (non-hydrogen) atoms. The van der Waals surface area contributed by atoms with Crippen molar-refractivity contribution in [1.29, 1.82) is 0 Å². The van der Waals surface area contributed by atoms with Crippen LogP contribution in [0.4, 0.5) is 0 Å². The molecule has 490 valence electrons. The van der Waals surface area contributed by atoms with Gasteiger partial charge in [0.2, 0.25) is 0 Å². The topological polar surface area (TPSA) is 104 Å². The van der Waals surface area contributed by atoms with Gasteiger partial charge in [-0.05, 0) is 170 Å². The molecular formula is C79H116N2O8. The Morgan fingerprint density at radius 1 is 0.382 bits per heavy atom. The molecule has 10 nitrogen and oxygen atoms in total. The van der Waals surface area contributed by atoms with Crippen molar-refractivity contribution in [3.63, 3.8) is 0 Å². The summed E-state index contributed by atoms with van der Waals surface area (Å²) < 4.78 is 18.5. The van der Waals surface area contributed by atoms with Crippen molar-refractivity contribution in [3.05, 3.63) is 0 Å². The number of piperidine rings is 2. The maximum atomic E-state index is 13.9. The van der Waals surface area contributed by atoms with E-state index in [1.54, 1.807) is 0 Å². The summed E-state index contributed by atoms with van der Waals surface area (Å²) in [5.74, 6) is 41.1. The smallest absolute Gasteiger partial charge is 0.385 e. The molecule has 10 heteroatoms. The number of unbranched alkanes of at least 4 members (excludes halogenated alkanes) is 30. The summed E-state index contributed by atoms with van der Waals surface area (Å²) in [6, 6.07) is 0. The molecule has 2 fully saturated rings. The number of hydrogen-bond donors (Lipinski definition) is 0. The molecule has 2 aliphatic rings. The number of carbonyl (C=O) groups is 3. The van der Waals surface area contributed by atoms with Crippen LogP contribution in [0.1, 0.15) is 320 Å². The molecule has 0 radical (unpaired) electrons.